The third kappa shape index (κ3) is 4.95. The van der Waals surface area contributed by atoms with Crippen LogP contribution in [0.5, 0.6) is 0 Å². The first-order chi connectivity index (χ1) is 15.0. The van der Waals surface area contributed by atoms with Gasteiger partial charge in [0.25, 0.3) is 0 Å². The quantitative estimate of drug-likeness (QED) is 0.184. The second-order valence-electron chi connectivity index (χ2n) is 9.09. The molecule has 0 radical (unpaired) electrons. The van der Waals surface area contributed by atoms with Gasteiger partial charge in [-0.2, -0.15) is 0 Å². The van der Waals surface area contributed by atoms with Gasteiger partial charge in [-0.15, -0.1) is 0 Å². The Hall–Kier alpha value is -0.520. The lowest BCUT2D eigenvalue weighted by molar-refractivity contribution is -0.323. The summed E-state index contributed by atoms with van der Waals surface area (Å²) in [5.74, 6) is -0.608. The zero-order valence-corrected chi connectivity index (χ0v) is 18.1. The largest absolute Gasteiger partial charge is 0.394 e. The number of nitrogens with two attached hydrogens (primary N) is 3. The van der Waals surface area contributed by atoms with E-state index in [1.165, 1.54) is 0 Å². The lowest BCUT2D eigenvalue weighted by Gasteiger charge is -2.48. The molecule has 0 aromatic carbocycles. The Kier molecular flexibility index (Phi) is 8.48. The molecule has 3 rings (SSSR count). The zero-order chi connectivity index (χ0) is 23.9. The fraction of sp³-hybridized carbons (Fsp3) is 1.00. The highest BCUT2D eigenvalue weighted by molar-refractivity contribution is 5.01. The molecule has 2 aliphatic heterocycles. The van der Waals surface area contributed by atoms with E-state index in [1.54, 1.807) is 13.8 Å². The number of rotatable bonds is 5. The predicted molar refractivity (Wildman–Crippen MR) is 108 cm³/mol. The molecule has 188 valence electrons. The van der Waals surface area contributed by atoms with E-state index < -0.39 is 98.2 Å². The van der Waals surface area contributed by atoms with Crippen molar-refractivity contribution in [1.29, 1.82) is 0 Å². The molecule has 0 aromatic heterocycles. The van der Waals surface area contributed by atoms with E-state index >= 15 is 0 Å². The Morgan fingerprint density at radius 3 is 1.88 bits per heavy atom. The smallest absolute Gasteiger partial charge is 0.186 e. The third-order valence-electron chi connectivity index (χ3n) is 6.73. The monoisotopic (exact) mass is 467 g/mol. The minimum Gasteiger partial charge on any atom is -0.394 e. The third-order valence-corrected chi connectivity index (χ3v) is 6.73. The first kappa shape index (κ1) is 26.1. The molecule has 2 saturated heterocycles. The summed E-state index contributed by atoms with van der Waals surface area (Å²) < 4.78 is 22.8. The maximum Gasteiger partial charge on any atom is 0.186 e. The van der Waals surface area contributed by atoms with Crippen LogP contribution in [0.15, 0.2) is 0 Å². The summed E-state index contributed by atoms with van der Waals surface area (Å²) >= 11 is 0. The van der Waals surface area contributed by atoms with Crippen LogP contribution in [-0.4, -0.2) is 123 Å². The van der Waals surface area contributed by atoms with Gasteiger partial charge in [0.15, 0.2) is 12.6 Å². The van der Waals surface area contributed by atoms with Crippen molar-refractivity contribution in [2.24, 2.45) is 23.1 Å². The lowest BCUT2D eigenvalue weighted by Crippen LogP contribution is -2.68. The Labute approximate surface area is 186 Å². The molecule has 1 saturated carbocycles. The molecule has 0 aromatic rings. The second-order valence-corrected chi connectivity index (χ2v) is 9.09. The highest BCUT2D eigenvalue weighted by atomic mass is 16.7. The van der Waals surface area contributed by atoms with E-state index in [9.17, 15) is 30.6 Å². The van der Waals surface area contributed by atoms with Crippen LogP contribution >= 0.6 is 0 Å². The van der Waals surface area contributed by atoms with Crippen LogP contribution in [0.3, 0.4) is 0 Å². The first-order valence-corrected chi connectivity index (χ1v) is 10.9. The molecule has 13 nitrogen and oxygen atoms in total. The average molecular weight is 468 g/mol. The van der Waals surface area contributed by atoms with Crippen molar-refractivity contribution in [1.82, 2.24) is 0 Å². The summed E-state index contributed by atoms with van der Waals surface area (Å²) in [4.78, 5) is 0. The molecule has 0 spiro atoms. The number of aliphatic hydroxyl groups excluding tert-OH is 6. The van der Waals surface area contributed by atoms with E-state index in [4.69, 9.17) is 36.1 Å². The molecule has 15 unspecified atom stereocenters. The minimum atomic E-state index is -1.44. The summed E-state index contributed by atoms with van der Waals surface area (Å²) in [5.41, 5.74) is 18.1. The molecule has 2 heterocycles. The molecule has 12 N–H and O–H groups in total. The van der Waals surface area contributed by atoms with Gasteiger partial charge >= 0.3 is 0 Å². The van der Waals surface area contributed by atoms with Crippen LogP contribution < -0.4 is 17.2 Å². The number of aliphatic hydroxyl groups is 6. The minimum absolute atomic E-state index is 0.190. The summed E-state index contributed by atoms with van der Waals surface area (Å²) in [6.07, 6.45) is -12.3. The van der Waals surface area contributed by atoms with Crippen molar-refractivity contribution in [3.05, 3.63) is 0 Å². The van der Waals surface area contributed by atoms with Gasteiger partial charge in [-0.05, 0) is 13.3 Å². The molecule has 0 amide bonds. The van der Waals surface area contributed by atoms with Crippen LogP contribution in [-0.2, 0) is 18.9 Å². The molecule has 3 fully saturated rings. The van der Waals surface area contributed by atoms with Crippen molar-refractivity contribution in [2.75, 3.05) is 6.61 Å². The van der Waals surface area contributed by atoms with Gasteiger partial charge < -0.3 is 66.8 Å². The molecule has 3 aliphatic rings. The second kappa shape index (κ2) is 10.4. The van der Waals surface area contributed by atoms with Crippen molar-refractivity contribution >= 4 is 0 Å². The highest BCUT2D eigenvalue weighted by Gasteiger charge is 2.50. The molecule has 1 aliphatic carbocycles. The molecule has 15 atom stereocenters. The molecular weight excluding hydrogens is 430 g/mol. The Morgan fingerprint density at radius 1 is 0.750 bits per heavy atom. The van der Waals surface area contributed by atoms with Gasteiger partial charge in [0.2, 0.25) is 0 Å². The number of hydrogen-bond acceptors (Lipinski definition) is 13. The van der Waals surface area contributed by atoms with Gasteiger partial charge in [0, 0.05) is 18.0 Å². The lowest BCUT2D eigenvalue weighted by atomic mass is 9.84. The van der Waals surface area contributed by atoms with Gasteiger partial charge in [0.05, 0.1) is 24.9 Å². The van der Waals surface area contributed by atoms with Crippen LogP contribution in [0.4, 0.5) is 0 Å². The van der Waals surface area contributed by atoms with Crippen molar-refractivity contribution in [3.63, 3.8) is 0 Å². The van der Waals surface area contributed by atoms with E-state index in [0.717, 1.165) is 0 Å². The highest BCUT2D eigenvalue weighted by Crippen LogP contribution is 2.32. The Bertz CT molecular complexity index is 618. The van der Waals surface area contributed by atoms with Crippen LogP contribution in [0.25, 0.3) is 0 Å². The van der Waals surface area contributed by atoms with Gasteiger partial charge in [-0.3, -0.25) is 0 Å². The fourth-order valence-corrected chi connectivity index (χ4v) is 4.50. The Balaban J connectivity index is 1.71. The average Bonchev–Trinajstić information content (AvgIpc) is 2.75. The maximum absolute atomic E-state index is 11.0. The summed E-state index contributed by atoms with van der Waals surface area (Å²) in [7, 11) is 0. The van der Waals surface area contributed by atoms with Crippen molar-refractivity contribution in [3.8, 4) is 0 Å². The topological polar surface area (TPSA) is 236 Å². The molecule has 0 bridgehead atoms. The van der Waals surface area contributed by atoms with Gasteiger partial charge in [-0.25, -0.2) is 0 Å². The standard InChI is InChI=1S/C19H37N3O10/c1-5-11(24)12(25)6(2)29-18(5)31-16-7(20)3-8(21)17(15(16)28)32-19-14(27)10(22)13(26)9(4-23)30-19/h5-19,23-28H,3-4,20-22H2,1-2H3. The SMILES string of the molecule is CC1OC(OC2C(N)CC(N)C(OC3OC(CO)C(O)C(N)C3O)C2O)C(C)C(O)C1O. The van der Waals surface area contributed by atoms with Crippen LogP contribution in [0.1, 0.15) is 20.3 Å². The molecule has 13 heteroatoms. The predicted octanol–water partition coefficient (Wildman–Crippen LogP) is -4.95. The van der Waals surface area contributed by atoms with E-state index in [0.29, 0.717) is 0 Å². The number of hydrogen-bond donors (Lipinski definition) is 9. The number of ether oxygens (including phenoxy) is 4. The van der Waals surface area contributed by atoms with E-state index in [-0.39, 0.29) is 6.42 Å². The van der Waals surface area contributed by atoms with Crippen LogP contribution in [0.2, 0.25) is 0 Å². The normalized spacial score (nSPS) is 55.0. The van der Waals surface area contributed by atoms with E-state index in [1.807, 2.05) is 0 Å². The van der Waals surface area contributed by atoms with E-state index in [2.05, 4.69) is 0 Å². The fourth-order valence-electron chi connectivity index (χ4n) is 4.50. The zero-order valence-electron chi connectivity index (χ0n) is 18.1. The van der Waals surface area contributed by atoms with Crippen LogP contribution in [0, 0.1) is 5.92 Å². The van der Waals surface area contributed by atoms with Crippen molar-refractivity contribution in [2.45, 2.75) is 106 Å². The summed E-state index contributed by atoms with van der Waals surface area (Å²) in [6.45, 7) is 2.67. The summed E-state index contributed by atoms with van der Waals surface area (Å²) in [5, 5.41) is 61.0. The first-order valence-electron chi connectivity index (χ1n) is 10.9. The van der Waals surface area contributed by atoms with Gasteiger partial charge in [0.1, 0.15) is 42.7 Å². The summed E-state index contributed by atoms with van der Waals surface area (Å²) in [6, 6.07) is -2.59. The maximum atomic E-state index is 11.0. The molecular formula is C19H37N3O10. The molecule has 32 heavy (non-hydrogen) atoms. The van der Waals surface area contributed by atoms with Gasteiger partial charge in [-0.1, -0.05) is 6.92 Å². The Morgan fingerprint density at radius 2 is 1.31 bits per heavy atom. The van der Waals surface area contributed by atoms with Crippen molar-refractivity contribution < 1.29 is 49.6 Å².